The van der Waals surface area contributed by atoms with Gasteiger partial charge in [-0.2, -0.15) is 5.10 Å². The van der Waals surface area contributed by atoms with Crippen LogP contribution in [0.2, 0.25) is 0 Å². The standard InChI is InChI=1S/C12H19N3O3/c1-5-7(2)10(12(17)18)13-11(16)9-6-8(3)14-15(9)4/h6-7,10H,5H2,1-4H3,(H,13,16)(H,17,18). The number of carbonyl (C=O) groups excluding carboxylic acids is 1. The van der Waals surface area contributed by atoms with Gasteiger partial charge in [-0.15, -0.1) is 0 Å². The monoisotopic (exact) mass is 253 g/mol. The van der Waals surface area contributed by atoms with Gasteiger partial charge in [-0.05, 0) is 18.9 Å². The van der Waals surface area contributed by atoms with Crippen molar-refractivity contribution in [1.29, 1.82) is 0 Å². The maximum atomic E-state index is 12.0. The molecule has 1 aromatic heterocycles. The SMILES string of the molecule is CCC(C)C(NC(=O)c1cc(C)nn1C)C(=O)O. The highest BCUT2D eigenvalue weighted by molar-refractivity contribution is 5.95. The van der Waals surface area contributed by atoms with Crippen LogP contribution in [0.5, 0.6) is 0 Å². The molecule has 1 heterocycles. The van der Waals surface area contributed by atoms with E-state index in [0.717, 1.165) is 5.69 Å². The van der Waals surface area contributed by atoms with Crippen LogP contribution in [-0.4, -0.2) is 32.8 Å². The second-order valence-corrected chi connectivity index (χ2v) is 4.47. The highest BCUT2D eigenvalue weighted by Gasteiger charge is 2.26. The summed E-state index contributed by atoms with van der Waals surface area (Å²) in [5.74, 6) is -1.55. The van der Waals surface area contributed by atoms with Crippen LogP contribution < -0.4 is 5.32 Å². The van der Waals surface area contributed by atoms with Crippen molar-refractivity contribution in [3.63, 3.8) is 0 Å². The van der Waals surface area contributed by atoms with Crippen LogP contribution in [0.1, 0.15) is 36.5 Å². The van der Waals surface area contributed by atoms with Gasteiger partial charge in [0, 0.05) is 7.05 Å². The van der Waals surface area contributed by atoms with E-state index < -0.39 is 17.9 Å². The zero-order valence-electron chi connectivity index (χ0n) is 11.1. The molecule has 6 nitrogen and oxygen atoms in total. The average molecular weight is 253 g/mol. The molecule has 0 radical (unpaired) electrons. The third kappa shape index (κ3) is 3.09. The Balaban J connectivity index is 2.85. The first-order chi connectivity index (χ1) is 8.36. The average Bonchev–Trinajstić information content (AvgIpc) is 2.63. The van der Waals surface area contributed by atoms with E-state index in [2.05, 4.69) is 10.4 Å². The summed E-state index contributed by atoms with van der Waals surface area (Å²) in [6.45, 7) is 5.47. The van der Waals surface area contributed by atoms with E-state index in [1.807, 2.05) is 6.92 Å². The number of aryl methyl sites for hydroxylation is 2. The molecule has 0 bridgehead atoms. The lowest BCUT2D eigenvalue weighted by Gasteiger charge is -2.19. The molecular formula is C12H19N3O3. The normalized spacial score (nSPS) is 14.0. The number of nitrogens with one attached hydrogen (secondary N) is 1. The fraction of sp³-hybridized carbons (Fsp3) is 0.583. The molecule has 100 valence electrons. The number of aromatic nitrogens is 2. The Labute approximate surface area is 106 Å². The summed E-state index contributed by atoms with van der Waals surface area (Å²) in [6, 6.07) is 0.753. The molecule has 0 aromatic carbocycles. The lowest BCUT2D eigenvalue weighted by molar-refractivity contribution is -0.140. The van der Waals surface area contributed by atoms with Crippen LogP contribution in [-0.2, 0) is 11.8 Å². The number of amides is 1. The van der Waals surface area contributed by atoms with Crippen molar-refractivity contribution in [3.05, 3.63) is 17.5 Å². The smallest absolute Gasteiger partial charge is 0.326 e. The molecule has 6 heteroatoms. The first kappa shape index (κ1) is 14.2. The van der Waals surface area contributed by atoms with Crippen LogP contribution in [0, 0.1) is 12.8 Å². The molecule has 1 amide bonds. The molecule has 0 aliphatic carbocycles. The van der Waals surface area contributed by atoms with Crippen molar-refractivity contribution in [2.24, 2.45) is 13.0 Å². The molecule has 2 unspecified atom stereocenters. The number of rotatable bonds is 5. The van der Waals surface area contributed by atoms with E-state index in [-0.39, 0.29) is 5.92 Å². The predicted molar refractivity (Wildman–Crippen MR) is 66.3 cm³/mol. The first-order valence-electron chi connectivity index (χ1n) is 5.91. The minimum Gasteiger partial charge on any atom is -0.480 e. The summed E-state index contributed by atoms with van der Waals surface area (Å²) >= 11 is 0. The molecule has 2 N–H and O–H groups in total. The van der Waals surface area contributed by atoms with Crippen molar-refractivity contribution < 1.29 is 14.7 Å². The Morgan fingerprint density at radius 3 is 2.56 bits per heavy atom. The van der Waals surface area contributed by atoms with Crippen LogP contribution >= 0.6 is 0 Å². The van der Waals surface area contributed by atoms with E-state index in [9.17, 15) is 9.59 Å². The molecule has 1 aromatic rings. The number of hydrogen-bond acceptors (Lipinski definition) is 3. The van der Waals surface area contributed by atoms with Crippen LogP contribution in [0.4, 0.5) is 0 Å². The summed E-state index contributed by atoms with van der Waals surface area (Å²) in [5, 5.41) is 15.7. The number of hydrogen-bond donors (Lipinski definition) is 2. The van der Waals surface area contributed by atoms with Crippen molar-refractivity contribution >= 4 is 11.9 Å². The third-order valence-electron chi connectivity index (χ3n) is 3.00. The summed E-state index contributed by atoms with van der Waals surface area (Å²) in [4.78, 5) is 23.1. The Morgan fingerprint density at radius 1 is 1.56 bits per heavy atom. The Bertz CT molecular complexity index is 453. The molecule has 18 heavy (non-hydrogen) atoms. The van der Waals surface area contributed by atoms with Gasteiger partial charge in [0.05, 0.1) is 5.69 Å². The number of nitrogens with zero attached hydrogens (tertiary/aromatic N) is 2. The van der Waals surface area contributed by atoms with Crippen LogP contribution in [0.3, 0.4) is 0 Å². The number of carboxylic acids is 1. The minimum absolute atomic E-state index is 0.124. The minimum atomic E-state index is -1.02. The topological polar surface area (TPSA) is 84.2 Å². The van der Waals surface area contributed by atoms with Gasteiger partial charge < -0.3 is 10.4 Å². The van der Waals surface area contributed by atoms with E-state index in [1.165, 1.54) is 4.68 Å². The van der Waals surface area contributed by atoms with Gasteiger partial charge in [-0.1, -0.05) is 20.3 Å². The molecular weight excluding hydrogens is 234 g/mol. The fourth-order valence-corrected chi connectivity index (χ4v) is 1.72. The zero-order chi connectivity index (χ0) is 13.9. The first-order valence-corrected chi connectivity index (χ1v) is 5.91. The Hall–Kier alpha value is -1.85. The van der Waals surface area contributed by atoms with Crippen molar-refractivity contribution in [3.8, 4) is 0 Å². The van der Waals surface area contributed by atoms with Crippen LogP contribution in [0.25, 0.3) is 0 Å². The Morgan fingerprint density at radius 2 is 2.17 bits per heavy atom. The zero-order valence-corrected chi connectivity index (χ0v) is 11.1. The Kier molecular flexibility index (Phi) is 4.47. The molecule has 0 aliphatic rings. The van der Waals surface area contributed by atoms with E-state index in [4.69, 9.17) is 5.11 Å². The van der Waals surface area contributed by atoms with Gasteiger partial charge in [0.1, 0.15) is 11.7 Å². The molecule has 0 saturated carbocycles. The number of carbonyl (C=O) groups is 2. The fourth-order valence-electron chi connectivity index (χ4n) is 1.72. The number of aliphatic carboxylic acids is 1. The van der Waals surface area contributed by atoms with Crippen molar-refractivity contribution in [2.75, 3.05) is 0 Å². The highest BCUT2D eigenvalue weighted by atomic mass is 16.4. The quantitative estimate of drug-likeness (QED) is 0.818. The largest absolute Gasteiger partial charge is 0.480 e. The van der Waals surface area contributed by atoms with Gasteiger partial charge in [0.15, 0.2) is 0 Å². The summed E-state index contributed by atoms with van der Waals surface area (Å²) in [7, 11) is 1.65. The summed E-state index contributed by atoms with van der Waals surface area (Å²) < 4.78 is 1.44. The van der Waals surface area contributed by atoms with Gasteiger partial charge in [0.2, 0.25) is 0 Å². The second kappa shape index (κ2) is 5.66. The highest BCUT2D eigenvalue weighted by Crippen LogP contribution is 2.09. The maximum absolute atomic E-state index is 12.0. The van der Waals surface area contributed by atoms with E-state index >= 15 is 0 Å². The molecule has 0 spiro atoms. The van der Waals surface area contributed by atoms with Crippen molar-refractivity contribution in [2.45, 2.75) is 33.2 Å². The van der Waals surface area contributed by atoms with E-state index in [1.54, 1.807) is 27.0 Å². The third-order valence-corrected chi connectivity index (χ3v) is 3.00. The van der Waals surface area contributed by atoms with Gasteiger partial charge >= 0.3 is 5.97 Å². The molecule has 0 saturated heterocycles. The summed E-state index contributed by atoms with van der Waals surface area (Å²) in [6.07, 6.45) is 0.682. The maximum Gasteiger partial charge on any atom is 0.326 e. The summed E-state index contributed by atoms with van der Waals surface area (Å²) in [5.41, 5.74) is 1.08. The lowest BCUT2D eigenvalue weighted by Crippen LogP contribution is -2.45. The predicted octanol–water partition coefficient (Wildman–Crippen LogP) is 0.958. The molecule has 0 aliphatic heterocycles. The molecule has 0 fully saturated rings. The van der Waals surface area contributed by atoms with Crippen molar-refractivity contribution in [1.82, 2.24) is 15.1 Å². The lowest BCUT2D eigenvalue weighted by atomic mass is 9.99. The number of carboxylic acid groups (broad SMARTS) is 1. The van der Waals surface area contributed by atoms with Gasteiger partial charge in [-0.3, -0.25) is 9.48 Å². The van der Waals surface area contributed by atoms with Crippen LogP contribution in [0.15, 0.2) is 6.07 Å². The van der Waals surface area contributed by atoms with E-state index in [0.29, 0.717) is 12.1 Å². The molecule has 2 atom stereocenters. The molecule has 1 rings (SSSR count). The van der Waals surface area contributed by atoms with Gasteiger partial charge in [-0.25, -0.2) is 4.79 Å². The second-order valence-electron chi connectivity index (χ2n) is 4.47. The van der Waals surface area contributed by atoms with Gasteiger partial charge in [0.25, 0.3) is 5.91 Å².